The zero-order valence-electron chi connectivity index (χ0n) is 14.9. The van der Waals surface area contributed by atoms with Crippen LogP contribution in [0.15, 0.2) is 42.5 Å². The van der Waals surface area contributed by atoms with Crippen LogP contribution in [0.5, 0.6) is 0 Å². The number of aryl methyl sites for hydroxylation is 1. The van der Waals surface area contributed by atoms with Crippen molar-refractivity contribution in [2.45, 2.75) is 18.9 Å². The number of hydrogen-bond acceptors (Lipinski definition) is 2. The number of likely N-dealkylation sites (tertiary alicyclic amines) is 1. The van der Waals surface area contributed by atoms with Gasteiger partial charge in [-0.1, -0.05) is 24.3 Å². The Kier molecular flexibility index (Phi) is 4.41. The summed E-state index contributed by atoms with van der Waals surface area (Å²) in [4.78, 5) is 15.0. The van der Waals surface area contributed by atoms with Crippen molar-refractivity contribution < 1.29 is 4.79 Å². The molecule has 3 heterocycles. The maximum Gasteiger partial charge on any atom is 0.227 e. The van der Waals surface area contributed by atoms with Gasteiger partial charge in [-0.2, -0.15) is 0 Å². The van der Waals surface area contributed by atoms with E-state index in [1.165, 1.54) is 21.8 Å². The predicted octanol–water partition coefficient (Wildman–Crippen LogP) is 3.12. The lowest BCUT2D eigenvalue weighted by molar-refractivity contribution is -0.131. The molecular weight excluding hydrogens is 346 g/mol. The van der Waals surface area contributed by atoms with Gasteiger partial charge in [-0.15, -0.1) is 12.4 Å². The molecule has 26 heavy (non-hydrogen) atoms. The Morgan fingerprint density at radius 2 is 1.92 bits per heavy atom. The Labute approximate surface area is 159 Å². The van der Waals surface area contributed by atoms with Gasteiger partial charge < -0.3 is 14.8 Å². The number of nitrogens with one attached hydrogen (secondary N) is 1. The third-order valence-corrected chi connectivity index (χ3v) is 6.10. The average molecular weight is 370 g/mol. The molecule has 2 aromatic carbocycles. The minimum atomic E-state index is 0. The Morgan fingerprint density at radius 3 is 2.81 bits per heavy atom. The molecule has 2 aliphatic heterocycles. The van der Waals surface area contributed by atoms with Crippen LogP contribution in [0.2, 0.25) is 0 Å². The van der Waals surface area contributed by atoms with Gasteiger partial charge >= 0.3 is 0 Å². The average Bonchev–Trinajstić information content (AvgIpc) is 3.30. The van der Waals surface area contributed by atoms with Crippen molar-refractivity contribution in [3.8, 4) is 0 Å². The van der Waals surface area contributed by atoms with Gasteiger partial charge in [0.2, 0.25) is 5.91 Å². The van der Waals surface area contributed by atoms with E-state index < -0.39 is 0 Å². The number of nitrogens with zero attached hydrogens (tertiary/aromatic N) is 2. The van der Waals surface area contributed by atoms with Crippen LogP contribution < -0.4 is 5.32 Å². The molecule has 2 fully saturated rings. The number of para-hydroxylation sites is 1. The van der Waals surface area contributed by atoms with Crippen molar-refractivity contribution in [2.24, 2.45) is 13.0 Å². The van der Waals surface area contributed by atoms with Crippen LogP contribution in [0, 0.1) is 5.92 Å². The Morgan fingerprint density at radius 1 is 1.12 bits per heavy atom. The summed E-state index contributed by atoms with van der Waals surface area (Å²) in [6.07, 6.45) is 1.65. The van der Waals surface area contributed by atoms with E-state index in [0.29, 0.717) is 18.4 Å². The maximum absolute atomic E-state index is 12.9. The van der Waals surface area contributed by atoms with Crippen molar-refractivity contribution in [1.29, 1.82) is 0 Å². The minimum absolute atomic E-state index is 0. The third kappa shape index (κ3) is 2.60. The molecule has 0 radical (unpaired) electrons. The van der Waals surface area contributed by atoms with Crippen molar-refractivity contribution in [2.75, 3.05) is 19.6 Å². The molecule has 1 aromatic heterocycles. The second-order valence-electron chi connectivity index (χ2n) is 7.47. The number of halogens is 1. The Balaban J connectivity index is 0.00000168. The molecule has 3 aromatic rings. The summed E-state index contributed by atoms with van der Waals surface area (Å²) < 4.78 is 2.23. The van der Waals surface area contributed by atoms with Gasteiger partial charge in [-0.3, -0.25) is 4.79 Å². The van der Waals surface area contributed by atoms with E-state index >= 15 is 0 Å². The number of amides is 1. The highest BCUT2D eigenvalue weighted by molar-refractivity contribution is 6.08. The van der Waals surface area contributed by atoms with Crippen molar-refractivity contribution >= 4 is 40.1 Å². The molecule has 1 amide bonds. The molecule has 2 saturated heterocycles. The fourth-order valence-electron chi connectivity index (χ4n) is 4.76. The topological polar surface area (TPSA) is 37.3 Å². The number of carbonyl (C=O) groups is 1. The maximum atomic E-state index is 12.9. The standard InChI is InChI=1S/C21H23N3O.ClH/c1-23-18-5-3-2-4-16(18)17-10-14(6-7-19(17)23)11-21(25)24-9-8-15-12-22-13-20(15)24;/h2-7,10,15,20,22H,8-9,11-13H2,1H3;1H/t15-,20+;/m0./s1. The molecule has 136 valence electrons. The molecule has 5 rings (SSSR count). The Hall–Kier alpha value is -2.04. The first-order valence-corrected chi connectivity index (χ1v) is 9.18. The van der Waals surface area contributed by atoms with Gasteiger partial charge in [0.05, 0.1) is 6.42 Å². The fraction of sp³-hybridized carbons (Fsp3) is 0.381. The number of fused-ring (bicyclic) bond motifs is 4. The molecule has 0 aliphatic carbocycles. The van der Waals surface area contributed by atoms with Crippen LogP contribution in [0.25, 0.3) is 21.8 Å². The minimum Gasteiger partial charge on any atom is -0.344 e. The van der Waals surface area contributed by atoms with Crippen molar-refractivity contribution in [3.05, 3.63) is 48.0 Å². The van der Waals surface area contributed by atoms with E-state index in [9.17, 15) is 4.79 Å². The highest BCUT2D eigenvalue weighted by Crippen LogP contribution is 2.30. The second-order valence-corrected chi connectivity index (χ2v) is 7.47. The molecule has 0 unspecified atom stereocenters. The SMILES string of the molecule is Cl.Cn1c2ccccc2c2cc(CC(=O)N3CC[C@H]4CNC[C@H]43)ccc21. The summed E-state index contributed by atoms with van der Waals surface area (Å²) in [6, 6.07) is 15.4. The normalized spacial score (nSPS) is 22.0. The summed E-state index contributed by atoms with van der Waals surface area (Å²) in [6.45, 7) is 2.95. The van der Waals surface area contributed by atoms with Crippen LogP contribution >= 0.6 is 12.4 Å². The highest BCUT2D eigenvalue weighted by Gasteiger charge is 2.39. The molecular formula is C21H24ClN3O. The summed E-state index contributed by atoms with van der Waals surface area (Å²) in [5, 5.41) is 5.92. The fourth-order valence-corrected chi connectivity index (χ4v) is 4.76. The second kappa shape index (κ2) is 6.60. The van der Waals surface area contributed by atoms with Crippen LogP contribution in [0.4, 0.5) is 0 Å². The lowest BCUT2D eigenvalue weighted by Gasteiger charge is -2.23. The van der Waals surface area contributed by atoms with E-state index in [1.807, 2.05) is 0 Å². The van der Waals surface area contributed by atoms with E-state index in [2.05, 4.69) is 64.3 Å². The first-order valence-electron chi connectivity index (χ1n) is 9.18. The van der Waals surface area contributed by atoms with E-state index in [-0.39, 0.29) is 18.3 Å². The molecule has 0 saturated carbocycles. The summed E-state index contributed by atoms with van der Waals surface area (Å²) in [5.41, 5.74) is 3.57. The van der Waals surface area contributed by atoms with Crippen molar-refractivity contribution in [3.63, 3.8) is 0 Å². The van der Waals surface area contributed by atoms with Gasteiger partial charge in [0, 0.05) is 54.5 Å². The van der Waals surface area contributed by atoms with Crippen LogP contribution in [0.3, 0.4) is 0 Å². The van der Waals surface area contributed by atoms with Crippen molar-refractivity contribution in [1.82, 2.24) is 14.8 Å². The first kappa shape index (κ1) is 17.4. The lowest BCUT2D eigenvalue weighted by atomic mass is 10.0. The van der Waals surface area contributed by atoms with Crippen LogP contribution in [-0.4, -0.2) is 41.1 Å². The van der Waals surface area contributed by atoms with Crippen LogP contribution in [0.1, 0.15) is 12.0 Å². The monoisotopic (exact) mass is 369 g/mol. The lowest BCUT2D eigenvalue weighted by Crippen LogP contribution is -2.39. The number of carbonyl (C=O) groups excluding carboxylic acids is 1. The van der Waals surface area contributed by atoms with E-state index in [1.54, 1.807) is 0 Å². The Bertz CT molecular complexity index is 980. The molecule has 2 atom stereocenters. The first-order chi connectivity index (χ1) is 12.2. The third-order valence-electron chi connectivity index (χ3n) is 6.10. The number of hydrogen-bond donors (Lipinski definition) is 1. The summed E-state index contributed by atoms with van der Waals surface area (Å²) in [7, 11) is 2.10. The molecule has 4 nitrogen and oxygen atoms in total. The van der Waals surface area contributed by atoms with Gasteiger partial charge in [0.15, 0.2) is 0 Å². The largest absolute Gasteiger partial charge is 0.344 e. The molecule has 2 aliphatic rings. The summed E-state index contributed by atoms with van der Waals surface area (Å²) >= 11 is 0. The zero-order valence-corrected chi connectivity index (χ0v) is 15.8. The van der Waals surface area contributed by atoms with Crippen LogP contribution in [-0.2, 0) is 18.3 Å². The summed E-state index contributed by atoms with van der Waals surface area (Å²) in [5.74, 6) is 0.931. The zero-order chi connectivity index (χ0) is 17.0. The number of aromatic nitrogens is 1. The molecule has 0 spiro atoms. The van der Waals surface area contributed by atoms with Gasteiger partial charge in [-0.05, 0) is 36.1 Å². The number of rotatable bonds is 2. The quantitative estimate of drug-likeness (QED) is 0.753. The molecule has 1 N–H and O–H groups in total. The van der Waals surface area contributed by atoms with E-state index in [4.69, 9.17) is 0 Å². The van der Waals surface area contributed by atoms with Gasteiger partial charge in [-0.25, -0.2) is 0 Å². The predicted molar refractivity (Wildman–Crippen MR) is 108 cm³/mol. The highest BCUT2D eigenvalue weighted by atomic mass is 35.5. The van der Waals surface area contributed by atoms with E-state index in [0.717, 1.165) is 31.6 Å². The smallest absolute Gasteiger partial charge is 0.227 e. The molecule has 5 heteroatoms. The van der Waals surface area contributed by atoms with Gasteiger partial charge in [0.1, 0.15) is 0 Å². The molecule has 0 bridgehead atoms. The van der Waals surface area contributed by atoms with Gasteiger partial charge in [0.25, 0.3) is 0 Å². The number of benzene rings is 2.